The average Bonchev–Trinajstić information content (AvgIpc) is 3.15. The summed E-state index contributed by atoms with van der Waals surface area (Å²) in [6, 6.07) is 16.4. The van der Waals surface area contributed by atoms with Gasteiger partial charge >= 0.3 is 0 Å². The number of alkyl halides is 1. The Labute approximate surface area is 220 Å². The number of halogens is 3. The summed E-state index contributed by atoms with van der Waals surface area (Å²) >= 11 is 21.4. The fourth-order valence-corrected chi connectivity index (χ4v) is 7.68. The summed E-state index contributed by atoms with van der Waals surface area (Å²) in [6.07, 6.45) is 0.638. The van der Waals surface area contributed by atoms with Crippen molar-refractivity contribution in [3.8, 4) is 0 Å². The van der Waals surface area contributed by atoms with Gasteiger partial charge in [-0.3, -0.25) is 20.2 Å². The molecule has 1 fully saturated rings. The third kappa shape index (κ3) is 4.44. The van der Waals surface area contributed by atoms with E-state index < -0.39 is 9.85 Å². The largest absolute Gasteiger partial charge is 0.376 e. The van der Waals surface area contributed by atoms with Gasteiger partial charge in [0.2, 0.25) is 0 Å². The smallest absolute Gasteiger partial charge is 0.282 e. The molecule has 0 radical (unpaired) electrons. The van der Waals surface area contributed by atoms with E-state index in [2.05, 4.69) is 5.32 Å². The van der Waals surface area contributed by atoms with Crippen LogP contribution >= 0.6 is 46.6 Å². The molecule has 0 spiro atoms. The zero-order valence-electron chi connectivity index (χ0n) is 17.9. The standard InChI is InChI=1S/C24H18Cl3N3O4S/c25-13-9-15-21-16(11-20(22(21)27)35-19-7-2-1-6-18(19)30(33)34)23(28-24(15)17(26)10-13)12-4-3-5-14(8-12)29(31)32/h1-10,16,20-23,28H,11H2/t16-,20+,21+,22-,23+/m1/s1. The van der Waals surface area contributed by atoms with Crippen LogP contribution in [0.25, 0.3) is 0 Å². The van der Waals surface area contributed by atoms with Crippen LogP contribution in [0.1, 0.15) is 29.5 Å². The highest BCUT2D eigenvalue weighted by Gasteiger charge is 2.51. The van der Waals surface area contributed by atoms with E-state index in [1.165, 1.54) is 23.9 Å². The molecule has 1 aliphatic heterocycles. The van der Waals surface area contributed by atoms with Crippen LogP contribution in [0, 0.1) is 26.1 Å². The van der Waals surface area contributed by atoms with E-state index in [0.29, 0.717) is 27.0 Å². The lowest BCUT2D eigenvalue weighted by atomic mass is 9.77. The molecule has 7 nitrogen and oxygen atoms in total. The monoisotopic (exact) mass is 549 g/mol. The Morgan fingerprint density at radius 1 is 0.971 bits per heavy atom. The molecule has 0 bridgehead atoms. The molecular weight excluding hydrogens is 533 g/mol. The predicted molar refractivity (Wildman–Crippen MR) is 139 cm³/mol. The van der Waals surface area contributed by atoms with Crippen molar-refractivity contribution in [2.75, 3.05) is 5.32 Å². The van der Waals surface area contributed by atoms with E-state index in [-0.39, 0.29) is 39.9 Å². The maximum absolute atomic E-state index is 11.6. The van der Waals surface area contributed by atoms with Crippen LogP contribution in [0.2, 0.25) is 10.0 Å². The zero-order valence-corrected chi connectivity index (χ0v) is 21.0. The number of nitro groups is 2. The van der Waals surface area contributed by atoms with E-state index in [0.717, 1.165) is 11.1 Å². The number of para-hydroxylation sites is 1. The minimum atomic E-state index is -0.420. The maximum atomic E-state index is 11.6. The highest BCUT2D eigenvalue weighted by atomic mass is 35.5. The molecule has 11 heteroatoms. The van der Waals surface area contributed by atoms with Gasteiger partial charge in [0.1, 0.15) is 0 Å². The second-order valence-electron chi connectivity index (χ2n) is 8.58. The first kappa shape index (κ1) is 24.2. The Hall–Kier alpha value is -2.52. The third-order valence-corrected chi connectivity index (χ3v) is 9.25. The van der Waals surface area contributed by atoms with Gasteiger partial charge < -0.3 is 5.32 Å². The SMILES string of the molecule is O=[N+]([O-])c1cccc([C@@H]2Nc3c(Cl)cc(Cl)cc3[C@@H]3[C@H](Cl)[C@@H](Sc4ccccc4[N+](=O)[O-])C[C@H]32)c1. The summed E-state index contributed by atoms with van der Waals surface area (Å²) < 4.78 is 0. The quantitative estimate of drug-likeness (QED) is 0.197. The van der Waals surface area contributed by atoms with Gasteiger partial charge in [0.25, 0.3) is 11.4 Å². The number of non-ortho nitro benzene ring substituents is 1. The van der Waals surface area contributed by atoms with Crippen LogP contribution in [0.15, 0.2) is 65.6 Å². The molecule has 1 heterocycles. The first-order valence-electron chi connectivity index (χ1n) is 10.8. The van der Waals surface area contributed by atoms with Gasteiger partial charge in [-0.2, -0.15) is 0 Å². The van der Waals surface area contributed by atoms with Crippen molar-refractivity contribution in [2.24, 2.45) is 5.92 Å². The molecule has 0 unspecified atom stereocenters. The molecule has 180 valence electrons. The van der Waals surface area contributed by atoms with Crippen molar-refractivity contribution in [1.82, 2.24) is 0 Å². The number of thioether (sulfide) groups is 1. The highest BCUT2D eigenvalue weighted by molar-refractivity contribution is 8.00. The molecule has 1 aliphatic carbocycles. The average molecular weight is 551 g/mol. The molecule has 5 atom stereocenters. The summed E-state index contributed by atoms with van der Waals surface area (Å²) in [5, 5.41) is 26.9. The number of rotatable bonds is 5. The second-order valence-corrected chi connectivity index (χ2v) is 11.2. The number of anilines is 1. The normalized spacial score (nSPS) is 24.8. The van der Waals surface area contributed by atoms with Gasteiger partial charge in [0.05, 0.1) is 36.9 Å². The molecule has 2 aliphatic rings. The fourth-order valence-electron chi connectivity index (χ4n) is 5.18. The van der Waals surface area contributed by atoms with E-state index in [9.17, 15) is 20.2 Å². The number of nitrogens with zero attached hydrogens (tertiary/aromatic N) is 2. The van der Waals surface area contributed by atoms with Crippen LogP contribution < -0.4 is 5.32 Å². The lowest BCUT2D eigenvalue weighted by Crippen LogP contribution is -2.31. The maximum Gasteiger partial charge on any atom is 0.282 e. The number of hydrogen-bond acceptors (Lipinski definition) is 6. The summed E-state index contributed by atoms with van der Waals surface area (Å²) in [4.78, 5) is 22.7. The summed E-state index contributed by atoms with van der Waals surface area (Å²) in [6.45, 7) is 0. The molecule has 0 aromatic heterocycles. The minimum Gasteiger partial charge on any atom is -0.376 e. The number of benzene rings is 3. The molecule has 1 saturated carbocycles. The number of fused-ring (bicyclic) bond motifs is 3. The van der Waals surface area contributed by atoms with Crippen LogP contribution in [0.5, 0.6) is 0 Å². The van der Waals surface area contributed by atoms with Gasteiger partial charge in [-0.1, -0.05) is 47.5 Å². The molecule has 0 saturated heterocycles. The molecular formula is C24H18Cl3N3O4S. The van der Waals surface area contributed by atoms with E-state index >= 15 is 0 Å². The van der Waals surface area contributed by atoms with Crippen molar-refractivity contribution >= 4 is 63.6 Å². The first-order chi connectivity index (χ1) is 16.7. The Morgan fingerprint density at radius 2 is 1.74 bits per heavy atom. The van der Waals surface area contributed by atoms with E-state index in [4.69, 9.17) is 34.8 Å². The Balaban J connectivity index is 1.58. The number of nitro benzene ring substituents is 2. The molecule has 0 amide bonds. The summed E-state index contributed by atoms with van der Waals surface area (Å²) in [5.41, 5.74) is 2.39. The molecule has 1 N–H and O–H groups in total. The van der Waals surface area contributed by atoms with Crippen LogP contribution in [0.4, 0.5) is 17.1 Å². The third-order valence-electron chi connectivity index (χ3n) is 6.62. The molecule has 3 aromatic carbocycles. The van der Waals surface area contributed by atoms with Crippen molar-refractivity contribution < 1.29 is 9.85 Å². The van der Waals surface area contributed by atoms with E-state index in [1.807, 2.05) is 12.1 Å². The number of hydrogen-bond donors (Lipinski definition) is 1. The van der Waals surface area contributed by atoms with Gasteiger partial charge in [-0.15, -0.1) is 23.4 Å². The molecule has 3 aromatic rings. The van der Waals surface area contributed by atoms with Crippen molar-refractivity contribution in [3.63, 3.8) is 0 Å². The minimum absolute atomic E-state index is 0.0000979. The highest BCUT2D eigenvalue weighted by Crippen LogP contribution is 2.59. The molecule has 35 heavy (non-hydrogen) atoms. The lowest BCUT2D eigenvalue weighted by molar-refractivity contribution is -0.387. The Bertz CT molecular complexity index is 1340. The van der Waals surface area contributed by atoms with Crippen molar-refractivity contribution in [3.05, 3.63) is 102 Å². The van der Waals surface area contributed by atoms with Crippen LogP contribution in [-0.2, 0) is 0 Å². The fraction of sp³-hybridized carbons (Fsp3) is 0.250. The Kier molecular flexibility index (Phi) is 6.57. The summed E-state index contributed by atoms with van der Waals surface area (Å²) in [5.74, 6) is -0.199. The molecule has 5 rings (SSSR count). The van der Waals surface area contributed by atoms with Crippen LogP contribution in [0.3, 0.4) is 0 Å². The zero-order chi connectivity index (χ0) is 24.9. The lowest BCUT2D eigenvalue weighted by Gasteiger charge is -2.38. The topological polar surface area (TPSA) is 98.3 Å². The van der Waals surface area contributed by atoms with Gasteiger partial charge in [-0.05, 0) is 41.7 Å². The second kappa shape index (κ2) is 9.50. The van der Waals surface area contributed by atoms with E-state index in [1.54, 1.807) is 36.4 Å². The summed E-state index contributed by atoms with van der Waals surface area (Å²) in [7, 11) is 0. The predicted octanol–water partition coefficient (Wildman–Crippen LogP) is 7.85. The number of nitrogens with one attached hydrogen (secondary N) is 1. The van der Waals surface area contributed by atoms with Gasteiger partial charge in [0, 0.05) is 34.4 Å². The van der Waals surface area contributed by atoms with Crippen molar-refractivity contribution in [2.45, 2.75) is 33.9 Å². The first-order valence-corrected chi connectivity index (χ1v) is 12.9. The Morgan fingerprint density at radius 3 is 2.49 bits per heavy atom. The van der Waals surface area contributed by atoms with Crippen molar-refractivity contribution in [1.29, 1.82) is 0 Å². The van der Waals surface area contributed by atoms with Crippen LogP contribution in [-0.4, -0.2) is 20.5 Å². The van der Waals surface area contributed by atoms with Gasteiger partial charge in [-0.25, -0.2) is 0 Å². The van der Waals surface area contributed by atoms with Gasteiger partial charge in [0.15, 0.2) is 0 Å².